The van der Waals surface area contributed by atoms with E-state index in [4.69, 9.17) is 0 Å². The molecule has 0 bridgehead atoms. The molecule has 0 spiro atoms. The van der Waals surface area contributed by atoms with Crippen LogP contribution in [0, 0.1) is 0 Å². The van der Waals surface area contributed by atoms with Crippen molar-refractivity contribution < 1.29 is 13.5 Å². The van der Waals surface area contributed by atoms with Crippen LogP contribution in [0.1, 0.15) is 12.0 Å². The Bertz CT molecular complexity index is 706. The number of nitrogens with zero attached hydrogens (tertiary/aromatic N) is 1. The van der Waals surface area contributed by atoms with E-state index in [9.17, 15) is 13.5 Å². The average molecular weight is 263 g/mol. The third-order valence-corrected chi connectivity index (χ3v) is 5.21. The highest BCUT2D eigenvalue weighted by atomic mass is 32.2. The Balaban J connectivity index is 2.21. The molecule has 1 N–H and O–H groups in total. The van der Waals surface area contributed by atoms with Crippen molar-refractivity contribution in [3.63, 3.8) is 0 Å². The first-order valence-corrected chi connectivity index (χ1v) is 7.58. The van der Waals surface area contributed by atoms with E-state index in [-0.39, 0.29) is 17.9 Å². The predicted octanol–water partition coefficient (Wildman–Crippen LogP) is 1.24. The maximum Gasteiger partial charge on any atom is 0.153 e. The first kappa shape index (κ1) is 11.6. The highest BCUT2D eigenvalue weighted by Crippen LogP contribution is 2.36. The summed E-state index contributed by atoms with van der Waals surface area (Å²) in [6, 6.07) is 7.33. The highest BCUT2D eigenvalue weighted by Gasteiger charge is 2.42. The number of benzene rings is 1. The van der Waals surface area contributed by atoms with Crippen LogP contribution in [-0.2, 0) is 15.4 Å². The number of hydrogen-bond acceptors (Lipinski definition) is 4. The van der Waals surface area contributed by atoms with Crippen LogP contribution in [0.2, 0.25) is 0 Å². The number of rotatable bonds is 1. The lowest BCUT2D eigenvalue weighted by Gasteiger charge is -2.22. The van der Waals surface area contributed by atoms with Gasteiger partial charge in [0.1, 0.15) is 5.60 Å². The van der Waals surface area contributed by atoms with E-state index < -0.39 is 15.4 Å². The molecule has 0 aliphatic carbocycles. The molecule has 2 heterocycles. The van der Waals surface area contributed by atoms with Crippen molar-refractivity contribution in [2.24, 2.45) is 0 Å². The van der Waals surface area contributed by atoms with Crippen LogP contribution in [0.3, 0.4) is 0 Å². The number of fused-ring (bicyclic) bond motifs is 1. The zero-order valence-corrected chi connectivity index (χ0v) is 10.5. The molecule has 1 aliphatic rings. The Kier molecular flexibility index (Phi) is 2.43. The maximum absolute atomic E-state index is 11.6. The summed E-state index contributed by atoms with van der Waals surface area (Å²) >= 11 is 0. The van der Waals surface area contributed by atoms with Crippen molar-refractivity contribution in [3.8, 4) is 0 Å². The predicted molar refractivity (Wildman–Crippen MR) is 68.9 cm³/mol. The largest absolute Gasteiger partial charge is 0.384 e. The third kappa shape index (κ3) is 1.79. The van der Waals surface area contributed by atoms with Crippen LogP contribution < -0.4 is 0 Å². The zero-order valence-electron chi connectivity index (χ0n) is 9.70. The summed E-state index contributed by atoms with van der Waals surface area (Å²) in [5.41, 5.74) is -0.580. The van der Waals surface area contributed by atoms with E-state index in [1.54, 1.807) is 18.5 Å². The van der Waals surface area contributed by atoms with Crippen LogP contribution >= 0.6 is 0 Å². The van der Waals surface area contributed by atoms with E-state index in [2.05, 4.69) is 4.98 Å². The minimum atomic E-state index is -3.14. The van der Waals surface area contributed by atoms with Crippen LogP contribution in [0.15, 0.2) is 36.7 Å². The number of pyridine rings is 1. The normalized spacial score (nSPS) is 26.5. The van der Waals surface area contributed by atoms with Gasteiger partial charge in [-0.05, 0) is 23.4 Å². The Morgan fingerprint density at radius 1 is 1.28 bits per heavy atom. The number of sulfone groups is 1. The van der Waals surface area contributed by atoms with E-state index in [0.29, 0.717) is 5.56 Å². The molecule has 0 radical (unpaired) electrons. The molecule has 1 aromatic carbocycles. The summed E-state index contributed by atoms with van der Waals surface area (Å²) in [5, 5.41) is 12.4. The van der Waals surface area contributed by atoms with Crippen molar-refractivity contribution in [1.29, 1.82) is 0 Å². The van der Waals surface area contributed by atoms with Gasteiger partial charge in [0.05, 0.1) is 11.5 Å². The van der Waals surface area contributed by atoms with Crippen molar-refractivity contribution in [2.75, 3.05) is 11.5 Å². The smallest absolute Gasteiger partial charge is 0.153 e. The summed E-state index contributed by atoms with van der Waals surface area (Å²) in [6.45, 7) is 0. The Morgan fingerprint density at radius 3 is 2.83 bits per heavy atom. The minimum Gasteiger partial charge on any atom is -0.384 e. The average Bonchev–Trinajstić information content (AvgIpc) is 2.64. The molecule has 1 atom stereocenters. The topological polar surface area (TPSA) is 67.3 Å². The molecule has 94 valence electrons. The van der Waals surface area contributed by atoms with E-state index in [1.165, 1.54) is 0 Å². The van der Waals surface area contributed by atoms with Gasteiger partial charge in [0.2, 0.25) is 0 Å². The maximum atomic E-state index is 11.6. The second-order valence-corrected chi connectivity index (χ2v) is 6.96. The van der Waals surface area contributed by atoms with E-state index in [1.807, 2.05) is 18.2 Å². The third-order valence-electron chi connectivity index (χ3n) is 3.47. The van der Waals surface area contributed by atoms with Crippen molar-refractivity contribution in [2.45, 2.75) is 12.0 Å². The van der Waals surface area contributed by atoms with Crippen LogP contribution in [0.25, 0.3) is 10.8 Å². The standard InChI is InChI=1S/C13H13NO3S/c15-13(5-7-18(16,17)9-13)12-3-1-2-10-8-14-6-4-11(10)12/h1-4,6,8,15H,5,7,9H2. The van der Waals surface area contributed by atoms with E-state index in [0.717, 1.165) is 10.8 Å². The van der Waals surface area contributed by atoms with Crippen LogP contribution in [-0.4, -0.2) is 30.0 Å². The zero-order chi connectivity index (χ0) is 12.8. The van der Waals surface area contributed by atoms with E-state index >= 15 is 0 Å². The fourth-order valence-electron chi connectivity index (χ4n) is 2.57. The number of aliphatic hydroxyl groups is 1. The molecule has 18 heavy (non-hydrogen) atoms. The van der Waals surface area contributed by atoms with Gasteiger partial charge in [-0.15, -0.1) is 0 Å². The lowest BCUT2D eigenvalue weighted by molar-refractivity contribution is 0.0668. The lowest BCUT2D eigenvalue weighted by Crippen LogP contribution is -2.27. The summed E-state index contributed by atoms with van der Waals surface area (Å²) in [6.07, 6.45) is 3.63. The molecule has 2 aromatic rings. The minimum absolute atomic E-state index is 0.0466. The van der Waals surface area contributed by atoms with Gasteiger partial charge in [0.25, 0.3) is 0 Å². The first-order chi connectivity index (χ1) is 8.50. The molecule has 0 saturated carbocycles. The quantitative estimate of drug-likeness (QED) is 0.840. The molecule has 3 rings (SSSR count). The molecular formula is C13H13NO3S. The van der Waals surface area contributed by atoms with Crippen molar-refractivity contribution in [1.82, 2.24) is 4.98 Å². The summed E-state index contributed by atoms with van der Waals surface area (Å²) in [7, 11) is -3.14. The molecule has 1 fully saturated rings. The first-order valence-electron chi connectivity index (χ1n) is 5.76. The van der Waals surface area contributed by atoms with Crippen LogP contribution in [0.4, 0.5) is 0 Å². The molecule has 0 amide bonds. The number of aromatic nitrogens is 1. The van der Waals surface area contributed by atoms with Gasteiger partial charge in [-0.25, -0.2) is 8.42 Å². The molecule has 1 saturated heterocycles. The summed E-state index contributed by atoms with van der Waals surface area (Å²) < 4.78 is 23.2. The molecular weight excluding hydrogens is 250 g/mol. The monoisotopic (exact) mass is 263 g/mol. The Morgan fingerprint density at radius 2 is 2.11 bits per heavy atom. The molecule has 1 unspecified atom stereocenters. The van der Waals surface area contributed by atoms with Gasteiger partial charge < -0.3 is 5.11 Å². The Labute approximate surface area is 105 Å². The van der Waals surface area contributed by atoms with Gasteiger partial charge in [-0.2, -0.15) is 0 Å². The highest BCUT2D eigenvalue weighted by molar-refractivity contribution is 7.91. The molecule has 1 aliphatic heterocycles. The van der Waals surface area contributed by atoms with Gasteiger partial charge in [0, 0.05) is 17.8 Å². The summed E-state index contributed by atoms with van der Waals surface area (Å²) in [5.74, 6) is -0.146. The second-order valence-electron chi connectivity index (χ2n) is 4.78. The molecule has 5 heteroatoms. The van der Waals surface area contributed by atoms with Crippen molar-refractivity contribution >= 4 is 20.6 Å². The SMILES string of the molecule is O=S1(=O)CCC(O)(c2cccc3cnccc23)C1. The van der Waals surface area contributed by atoms with Crippen LogP contribution in [0.5, 0.6) is 0 Å². The Hall–Kier alpha value is -1.46. The number of hydrogen-bond donors (Lipinski definition) is 1. The fourth-order valence-corrected chi connectivity index (χ4v) is 4.39. The molecule has 1 aromatic heterocycles. The summed E-state index contributed by atoms with van der Waals surface area (Å²) in [4.78, 5) is 4.03. The van der Waals surface area contributed by atoms with Gasteiger partial charge >= 0.3 is 0 Å². The van der Waals surface area contributed by atoms with Gasteiger partial charge in [-0.1, -0.05) is 18.2 Å². The second kappa shape index (κ2) is 3.76. The fraction of sp³-hybridized carbons (Fsp3) is 0.308. The van der Waals surface area contributed by atoms with Crippen molar-refractivity contribution in [3.05, 3.63) is 42.2 Å². The molecule has 4 nitrogen and oxygen atoms in total. The van der Waals surface area contributed by atoms with Gasteiger partial charge in [0.15, 0.2) is 9.84 Å². The van der Waals surface area contributed by atoms with Gasteiger partial charge in [-0.3, -0.25) is 4.98 Å². The lowest BCUT2D eigenvalue weighted by atomic mass is 9.89.